The van der Waals surface area contributed by atoms with Crippen molar-refractivity contribution in [2.45, 2.75) is 199 Å². The predicted molar refractivity (Wildman–Crippen MR) is 225 cm³/mol. The van der Waals surface area contributed by atoms with Crippen LogP contribution in [0, 0.1) is 0 Å². The van der Waals surface area contributed by atoms with Gasteiger partial charge in [-0.25, -0.2) is 0 Å². The van der Waals surface area contributed by atoms with Crippen LogP contribution in [0.2, 0.25) is 5.02 Å². The summed E-state index contributed by atoms with van der Waals surface area (Å²) in [6.45, 7) is 6.11. The van der Waals surface area contributed by atoms with Crippen molar-refractivity contribution in [3.05, 3.63) is 34.9 Å². The van der Waals surface area contributed by atoms with Crippen LogP contribution >= 0.6 is 11.6 Å². The summed E-state index contributed by atoms with van der Waals surface area (Å²) < 4.78 is 22.1. The third-order valence-corrected chi connectivity index (χ3v) is 11.3. The number of Topliss-reactive ketones (excluding diaryl/α,β-unsaturated/α-hetero) is 1. The van der Waals surface area contributed by atoms with Crippen LogP contribution < -0.4 is 0 Å². The summed E-state index contributed by atoms with van der Waals surface area (Å²) in [5.41, 5.74) is -0.305. The lowest BCUT2D eigenvalue weighted by Crippen LogP contribution is -2.54. The van der Waals surface area contributed by atoms with E-state index in [1.807, 2.05) is 30.0 Å². The van der Waals surface area contributed by atoms with E-state index in [2.05, 4.69) is 13.8 Å². The van der Waals surface area contributed by atoms with E-state index in [-0.39, 0.29) is 51.4 Å². The fraction of sp³-hybridized carbons (Fsp3) is 0.761. The van der Waals surface area contributed by atoms with Gasteiger partial charge in [-0.05, 0) is 43.9 Å². The summed E-state index contributed by atoms with van der Waals surface area (Å²) >= 11 is 6.60. The largest absolute Gasteiger partial charge is 0.462 e. The van der Waals surface area contributed by atoms with Gasteiger partial charge in [0.05, 0.1) is 12.8 Å². The molecule has 0 spiro atoms. The molecule has 1 unspecified atom stereocenters. The normalized spacial score (nSPS) is 15.5. The number of halogens is 1. The molecule has 0 heterocycles. The highest BCUT2D eigenvalue weighted by atomic mass is 35.5. The summed E-state index contributed by atoms with van der Waals surface area (Å²) in [5, 5.41) is 0.484. The SMILES string of the molecule is CCCCCCCCCCCC(=O)OCC(COC(=O)CCCCCCCCCCC)OC(=O)CCC(=O)OCN(CC)C1(c2ccccc2Cl)CCCCC1=O. The molecule has 0 N–H and O–H groups in total. The second-order valence-electron chi connectivity index (χ2n) is 15.6. The zero-order chi connectivity index (χ0) is 41.6. The molecule has 1 aliphatic rings. The lowest BCUT2D eigenvalue weighted by atomic mass is 9.74. The number of nitrogens with zero attached hydrogens (tertiary/aromatic N) is 1. The van der Waals surface area contributed by atoms with Gasteiger partial charge in [0, 0.05) is 24.3 Å². The van der Waals surface area contributed by atoms with E-state index < -0.39 is 35.5 Å². The number of carbonyl (C=O) groups is 5. The van der Waals surface area contributed by atoms with Gasteiger partial charge < -0.3 is 18.9 Å². The van der Waals surface area contributed by atoms with Gasteiger partial charge in [-0.15, -0.1) is 0 Å². The van der Waals surface area contributed by atoms with Gasteiger partial charge in [-0.3, -0.25) is 28.9 Å². The molecule has 1 atom stereocenters. The average molecular weight is 821 g/mol. The van der Waals surface area contributed by atoms with E-state index in [1.54, 1.807) is 6.07 Å². The van der Waals surface area contributed by atoms with Crippen LogP contribution in [0.4, 0.5) is 0 Å². The molecule has 2 rings (SSSR count). The quantitative estimate of drug-likeness (QED) is 0.0293. The average Bonchev–Trinajstić information content (AvgIpc) is 3.20. The number of hydrogen-bond donors (Lipinski definition) is 0. The lowest BCUT2D eigenvalue weighted by Gasteiger charge is -2.45. The Morgan fingerprint density at radius 1 is 0.632 bits per heavy atom. The first kappa shape index (κ1) is 50.2. The van der Waals surface area contributed by atoms with Gasteiger partial charge >= 0.3 is 23.9 Å². The van der Waals surface area contributed by atoms with Crippen LogP contribution in [-0.4, -0.2) is 67.2 Å². The molecule has 57 heavy (non-hydrogen) atoms. The van der Waals surface area contributed by atoms with Crippen molar-refractivity contribution in [1.82, 2.24) is 4.90 Å². The number of carbonyl (C=O) groups excluding carboxylic acids is 5. The molecule has 0 aliphatic heterocycles. The number of hydrogen-bond acceptors (Lipinski definition) is 10. The summed E-state index contributed by atoms with van der Waals surface area (Å²) in [4.78, 5) is 66.3. The Labute approximate surface area is 348 Å². The molecule has 0 aromatic heterocycles. The molecule has 0 bridgehead atoms. The van der Waals surface area contributed by atoms with Gasteiger partial charge in [0.2, 0.25) is 0 Å². The highest BCUT2D eigenvalue weighted by Gasteiger charge is 2.47. The first-order valence-electron chi connectivity index (χ1n) is 22.4. The van der Waals surface area contributed by atoms with Crippen LogP contribution in [0.25, 0.3) is 0 Å². The number of rotatable bonds is 33. The molecule has 0 amide bonds. The molecule has 324 valence electrons. The molecule has 1 aliphatic carbocycles. The zero-order valence-electron chi connectivity index (χ0n) is 35.6. The van der Waals surface area contributed by atoms with Crippen molar-refractivity contribution in [2.24, 2.45) is 0 Å². The highest BCUT2D eigenvalue weighted by Crippen LogP contribution is 2.42. The summed E-state index contributed by atoms with van der Waals surface area (Å²) in [5.74, 6) is -2.08. The van der Waals surface area contributed by atoms with Gasteiger partial charge in [-0.2, -0.15) is 0 Å². The van der Waals surface area contributed by atoms with E-state index in [4.69, 9.17) is 30.5 Å². The van der Waals surface area contributed by atoms with Crippen molar-refractivity contribution in [2.75, 3.05) is 26.5 Å². The van der Waals surface area contributed by atoms with Crippen molar-refractivity contribution in [3.8, 4) is 0 Å². The second kappa shape index (κ2) is 31.0. The minimum Gasteiger partial charge on any atom is -0.462 e. The molecular weight excluding hydrogens is 746 g/mol. The fourth-order valence-corrected chi connectivity index (χ4v) is 7.83. The second-order valence-corrected chi connectivity index (χ2v) is 16.0. The van der Waals surface area contributed by atoms with Gasteiger partial charge in [0.25, 0.3) is 0 Å². The fourth-order valence-electron chi connectivity index (χ4n) is 7.53. The molecule has 11 heteroatoms. The van der Waals surface area contributed by atoms with Crippen LogP contribution in [0.15, 0.2) is 24.3 Å². The Bertz CT molecular complexity index is 1270. The molecule has 10 nitrogen and oxygen atoms in total. The number of ether oxygens (including phenoxy) is 4. The Balaban J connectivity index is 1.86. The van der Waals surface area contributed by atoms with Gasteiger partial charge in [0.15, 0.2) is 11.9 Å². The Hall–Kier alpha value is -2.98. The standard InChI is InChI=1S/C46H74ClNO9/c1-4-7-9-11-13-15-17-19-21-30-42(50)54-35-38(36-55-43(51)31-22-20-18-16-14-12-10-8-5-2)57-45(53)33-32-44(52)56-37-48(6-3)46(34-26-25-29-41(46)49)39-27-23-24-28-40(39)47/h23-24,27-28,38H,4-22,25-26,29-37H2,1-3H3. The van der Waals surface area contributed by atoms with E-state index in [0.29, 0.717) is 30.0 Å². The van der Waals surface area contributed by atoms with Crippen LogP contribution in [-0.2, 0) is 48.5 Å². The first-order valence-corrected chi connectivity index (χ1v) is 22.7. The monoisotopic (exact) mass is 820 g/mol. The van der Waals surface area contributed by atoms with Crippen molar-refractivity contribution >= 4 is 41.3 Å². The number of likely N-dealkylation sites (N-methyl/N-ethyl adjacent to an activating group) is 1. The van der Waals surface area contributed by atoms with E-state index in [9.17, 15) is 24.0 Å². The summed E-state index contributed by atoms with van der Waals surface area (Å²) in [7, 11) is 0. The molecule has 0 radical (unpaired) electrons. The summed E-state index contributed by atoms with van der Waals surface area (Å²) in [6, 6.07) is 7.28. The Morgan fingerprint density at radius 3 is 1.60 bits per heavy atom. The number of unbranched alkanes of at least 4 members (excludes halogenated alkanes) is 16. The lowest BCUT2D eigenvalue weighted by molar-refractivity contribution is -0.168. The van der Waals surface area contributed by atoms with E-state index in [0.717, 1.165) is 64.2 Å². The maximum Gasteiger partial charge on any atom is 0.307 e. The third kappa shape index (κ3) is 20.5. The number of benzene rings is 1. The van der Waals surface area contributed by atoms with Crippen LogP contribution in [0.1, 0.15) is 193 Å². The van der Waals surface area contributed by atoms with E-state index >= 15 is 0 Å². The molecule has 1 saturated carbocycles. The van der Waals surface area contributed by atoms with Crippen molar-refractivity contribution in [3.63, 3.8) is 0 Å². The minimum absolute atomic E-state index is 0.0390. The minimum atomic E-state index is -1.01. The zero-order valence-corrected chi connectivity index (χ0v) is 36.4. The number of esters is 4. The molecule has 1 aromatic rings. The topological polar surface area (TPSA) is 126 Å². The van der Waals surface area contributed by atoms with Gasteiger partial charge in [0.1, 0.15) is 25.5 Å². The molecule has 1 aromatic carbocycles. The third-order valence-electron chi connectivity index (χ3n) is 10.9. The first-order chi connectivity index (χ1) is 27.7. The van der Waals surface area contributed by atoms with Gasteiger partial charge in [-0.1, -0.05) is 160 Å². The van der Waals surface area contributed by atoms with Crippen molar-refractivity contribution < 1.29 is 42.9 Å². The van der Waals surface area contributed by atoms with Crippen LogP contribution in [0.5, 0.6) is 0 Å². The molecule has 0 saturated heterocycles. The maximum atomic E-state index is 13.5. The smallest absolute Gasteiger partial charge is 0.307 e. The van der Waals surface area contributed by atoms with Crippen LogP contribution in [0.3, 0.4) is 0 Å². The number of ketones is 1. The molecule has 1 fully saturated rings. The predicted octanol–water partition coefficient (Wildman–Crippen LogP) is 11.1. The Morgan fingerprint density at radius 2 is 1.11 bits per heavy atom. The summed E-state index contributed by atoms with van der Waals surface area (Å²) in [6.07, 6.45) is 21.9. The highest BCUT2D eigenvalue weighted by molar-refractivity contribution is 6.31. The Kier molecular flexibility index (Phi) is 27.3. The van der Waals surface area contributed by atoms with Crippen molar-refractivity contribution in [1.29, 1.82) is 0 Å². The van der Waals surface area contributed by atoms with E-state index in [1.165, 1.54) is 64.2 Å². The molecular formula is C46H74ClNO9. The maximum absolute atomic E-state index is 13.5.